The quantitative estimate of drug-likeness (QED) is 0.495. The van der Waals surface area contributed by atoms with Crippen LogP contribution in [0.15, 0.2) is 36.4 Å². The molecule has 0 aromatic heterocycles. The van der Waals surface area contributed by atoms with Crippen LogP contribution in [0, 0.1) is 6.92 Å². The predicted octanol–water partition coefficient (Wildman–Crippen LogP) is 3.60. The molecular formula is C19H18ClNO3. The van der Waals surface area contributed by atoms with E-state index in [9.17, 15) is 4.79 Å². The molecule has 3 rings (SSSR count). The second-order valence-electron chi connectivity index (χ2n) is 5.65. The Morgan fingerprint density at radius 1 is 1.25 bits per heavy atom. The lowest BCUT2D eigenvalue weighted by molar-refractivity contribution is -0.110. The Labute approximate surface area is 145 Å². The first-order chi connectivity index (χ1) is 11.6. The van der Waals surface area contributed by atoms with E-state index in [2.05, 4.69) is 5.32 Å². The molecule has 0 aliphatic carbocycles. The van der Waals surface area contributed by atoms with Crippen molar-refractivity contribution < 1.29 is 14.6 Å². The third-order valence-electron chi connectivity index (χ3n) is 3.94. The summed E-state index contributed by atoms with van der Waals surface area (Å²) in [6, 6.07) is 11.5. The summed E-state index contributed by atoms with van der Waals surface area (Å²) in [4.78, 5) is 12.3. The third-order valence-corrected chi connectivity index (χ3v) is 4.13. The Hall–Kier alpha value is -2.30. The van der Waals surface area contributed by atoms with Crippen molar-refractivity contribution in [2.45, 2.75) is 13.3 Å². The zero-order valence-electron chi connectivity index (χ0n) is 13.3. The van der Waals surface area contributed by atoms with Gasteiger partial charge in [0.25, 0.3) is 5.91 Å². The van der Waals surface area contributed by atoms with Gasteiger partial charge in [0.05, 0.1) is 0 Å². The monoisotopic (exact) mass is 343 g/mol. The number of carbonyl (C=O) groups excluding carboxylic acids is 1. The van der Waals surface area contributed by atoms with Crippen molar-refractivity contribution in [2.75, 3.05) is 18.0 Å². The van der Waals surface area contributed by atoms with Crippen LogP contribution in [0.25, 0.3) is 11.6 Å². The Balaban J connectivity index is 2.06. The first-order valence-electron chi connectivity index (χ1n) is 7.69. The van der Waals surface area contributed by atoms with Gasteiger partial charge in [-0.2, -0.15) is 0 Å². The summed E-state index contributed by atoms with van der Waals surface area (Å²) in [5.41, 5.74) is 5.08. The molecule has 1 amide bonds. The number of hydrogen-bond donors (Lipinski definition) is 2. The maximum absolute atomic E-state index is 12.3. The van der Waals surface area contributed by atoms with Crippen molar-refractivity contribution in [2.24, 2.45) is 0 Å². The van der Waals surface area contributed by atoms with E-state index in [0.29, 0.717) is 17.2 Å². The minimum absolute atomic E-state index is 0.149. The minimum atomic E-state index is -0.414. The summed E-state index contributed by atoms with van der Waals surface area (Å²) in [7, 11) is 0. The topological polar surface area (TPSA) is 58.6 Å². The number of nitrogens with one attached hydrogen (secondary N) is 1. The molecule has 0 unspecified atom stereocenters. The molecule has 4 nitrogen and oxygen atoms in total. The van der Waals surface area contributed by atoms with Gasteiger partial charge in [-0.05, 0) is 48.7 Å². The van der Waals surface area contributed by atoms with Gasteiger partial charge in [-0.15, -0.1) is 11.6 Å². The van der Waals surface area contributed by atoms with Gasteiger partial charge in [0.2, 0.25) is 0 Å². The van der Waals surface area contributed by atoms with Gasteiger partial charge in [-0.1, -0.05) is 18.2 Å². The molecule has 0 spiro atoms. The van der Waals surface area contributed by atoms with Gasteiger partial charge in [0.1, 0.15) is 5.75 Å². The summed E-state index contributed by atoms with van der Waals surface area (Å²) in [5.74, 6) is 0.928. The summed E-state index contributed by atoms with van der Waals surface area (Å²) in [6.07, 6.45) is 2.54. The highest BCUT2D eigenvalue weighted by atomic mass is 35.5. The van der Waals surface area contributed by atoms with Crippen LogP contribution in [-0.4, -0.2) is 23.7 Å². The number of aliphatic hydroxyl groups is 1. The number of hydrogen-bond acceptors (Lipinski definition) is 3. The van der Waals surface area contributed by atoms with Crippen molar-refractivity contribution in [3.8, 4) is 5.75 Å². The fourth-order valence-electron chi connectivity index (χ4n) is 2.75. The van der Waals surface area contributed by atoms with E-state index in [1.54, 1.807) is 6.08 Å². The van der Waals surface area contributed by atoms with Crippen LogP contribution < -0.4 is 10.1 Å². The van der Waals surface area contributed by atoms with Gasteiger partial charge in [0.15, 0.2) is 6.79 Å². The van der Waals surface area contributed by atoms with Gasteiger partial charge < -0.3 is 15.2 Å². The number of aryl methyl sites for hydroxylation is 2. The maximum Gasteiger partial charge on any atom is 0.256 e. The highest BCUT2D eigenvalue weighted by Crippen LogP contribution is 2.35. The maximum atomic E-state index is 12.3. The van der Waals surface area contributed by atoms with Gasteiger partial charge in [-0.3, -0.25) is 4.79 Å². The molecule has 5 heteroatoms. The zero-order valence-corrected chi connectivity index (χ0v) is 14.1. The van der Waals surface area contributed by atoms with E-state index >= 15 is 0 Å². The van der Waals surface area contributed by atoms with E-state index in [4.69, 9.17) is 21.4 Å². The fourth-order valence-corrected chi connectivity index (χ4v) is 2.97. The largest absolute Gasteiger partial charge is 0.467 e. The van der Waals surface area contributed by atoms with Crippen LogP contribution in [0.1, 0.15) is 22.3 Å². The lowest BCUT2D eigenvalue weighted by Crippen LogP contribution is -2.04. The Morgan fingerprint density at radius 2 is 2.08 bits per heavy atom. The van der Waals surface area contributed by atoms with Crippen LogP contribution in [0.2, 0.25) is 0 Å². The number of anilines is 1. The Morgan fingerprint density at radius 3 is 2.83 bits per heavy atom. The lowest BCUT2D eigenvalue weighted by atomic mass is 10.00. The SMILES string of the molecule is Cc1ccc(C=C2C(=O)Nc3ccc(CCCl)cc32)c(OCO)c1. The molecule has 0 radical (unpaired) electrons. The summed E-state index contributed by atoms with van der Waals surface area (Å²) < 4.78 is 5.28. The van der Waals surface area contributed by atoms with Crippen LogP contribution in [-0.2, 0) is 11.2 Å². The molecular weight excluding hydrogens is 326 g/mol. The van der Waals surface area contributed by atoms with E-state index in [1.165, 1.54) is 0 Å². The smallest absolute Gasteiger partial charge is 0.256 e. The fraction of sp³-hybridized carbons (Fsp3) is 0.211. The van der Waals surface area contributed by atoms with Crippen molar-refractivity contribution in [3.05, 3.63) is 58.7 Å². The third kappa shape index (κ3) is 3.30. The molecule has 2 N–H and O–H groups in total. The van der Waals surface area contributed by atoms with Crippen LogP contribution in [0.5, 0.6) is 5.75 Å². The van der Waals surface area contributed by atoms with E-state index in [-0.39, 0.29) is 5.91 Å². The molecule has 0 fully saturated rings. The molecule has 1 aliphatic rings. The normalized spacial score (nSPS) is 14.6. The number of fused-ring (bicyclic) bond motifs is 1. The molecule has 1 aliphatic heterocycles. The van der Waals surface area contributed by atoms with Crippen molar-refractivity contribution in [1.29, 1.82) is 0 Å². The predicted molar refractivity (Wildman–Crippen MR) is 96.3 cm³/mol. The van der Waals surface area contributed by atoms with Crippen molar-refractivity contribution in [1.82, 2.24) is 0 Å². The summed E-state index contributed by atoms with van der Waals surface area (Å²) in [5, 5.41) is 11.9. The molecule has 1 heterocycles. The van der Waals surface area contributed by atoms with Gasteiger partial charge >= 0.3 is 0 Å². The number of aliphatic hydroxyl groups excluding tert-OH is 1. The molecule has 124 valence electrons. The molecule has 2 aromatic carbocycles. The van der Waals surface area contributed by atoms with Gasteiger partial charge in [0, 0.05) is 28.3 Å². The standard InChI is InChI=1S/C19H18ClNO3/c1-12-2-4-14(18(8-12)24-11-22)10-16-15-9-13(6-7-20)3-5-17(15)21-19(16)23/h2-5,8-10,22H,6-7,11H2,1H3,(H,21,23). The number of rotatable bonds is 5. The Bertz CT molecular complexity index is 814. The summed E-state index contributed by atoms with van der Waals surface area (Å²) >= 11 is 5.81. The summed E-state index contributed by atoms with van der Waals surface area (Å²) in [6.45, 7) is 1.53. The number of halogens is 1. The van der Waals surface area contributed by atoms with Crippen LogP contribution in [0.3, 0.4) is 0 Å². The molecule has 0 bridgehead atoms. The number of benzene rings is 2. The first kappa shape index (κ1) is 16.6. The molecule has 0 saturated carbocycles. The average Bonchev–Trinajstić information content (AvgIpc) is 2.86. The number of ether oxygens (including phenoxy) is 1. The first-order valence-corrected chi connectivity index (χ1v) is 8.22. The van der Waals surface area contributed by atoms with Crippen molar-refractivity contribution in [3.63, 3.8) is 0 Å². The second kappa shape index (κ2) is 7.07. The highest BCUT2D eigenvalue weighted by molar-refractivity contribution is 6.35. The van der Waals surface area contributed by atoms with Crippen LogP contribution >= 0.6 is 11.6 Å². The van der Waals surface area contributed by atoms with E-state index in [1.807, 2.05) is 43.3 Å². The second-order valence-corrected chi connectivity index (χ2v) is 6.02. The highest BCUT2D eigenvalue weighted by Gasteiger charge is 2.24. The lowest BCUT2D eigenvalue weighted by Gasteiger charge is -2.08. The molecule has 24 heavy (non-hydrogen) atoms. The molecule has 0 atom stereocenters. The zero-order chi connectivity index (χ0) is 17.1. The number of amides is 1. The average molecular weight is 344 g/mol. The Kier molecular flexibility index (Phi) is 4.88. The minimum Gasteiger partial charge on any atom is -0.467 e. The van der Waals surface area contributed by atoms with Gasteiger partial charge in [-0.25, -0.2) is 0 Å². The number of alkyl halides is 1. The van der Waals surface area contributed by atoms with E-state index in [0.717, 1.165) is 34.4 Å². The molecule has 2 aromatic rings. The van der Waals surface area contributed by atoms with E-state index < -0.39 is 6.79 Å². The van der Waals surface area contributed by atoms with Crippen LogP contribution in [0.4, 0.5) is 5.69 Å². The van der Waals surface area contributed by atoms with Crippen molar-refractivity contribution >= 4 is 34.8 Å². The molecule has 0 saturated heterocycles. The number of carbonyl (C=O) groups is 1.